The second-order valence-corrected chi connectivity index (χ2v) is 15.8. The molecule has 1 atom stereocenters. The van der Waals surface area contributed by atoms with Gasteiger partial charge in [0.15, 0.2) is 8.32 Å². The number of hydrogen-bond acceptors (Lipinski definition) is 4. The summed E-state index contributed by atoms with van der Waals surface area (Å²) >= 11 is 0. The van der Waals surface area contributed by atoms with Crippen LogP contribution in [0.4, 0.5) is 0 Å². The van der Waals surface area contributed by atoms with Crippen molar-refractivity contribution in [2.24, 2.45) is 5.73 Å². The third kappa shape index (κ3) is 6.50. The topological polar surface area (TPSA) is 84.3 Å². The summed E-state index contributed by atoms with van der Waals surface area (Å²) < 4.78 is 17.0. The summed E-state index contributed by atoms with van der Waals surface area (Å²) in [7, 11) is -2.06. The van der Waals surface area contributed by atoms with Crippen LogP contribution in [0, 0.1) is 0 Å². The monoisotopic (exact) mass is 518 g/mol. The number of carbonyl (C=O) groups is 1. The van der Waals surface area contributed by atoms with Crippen LogP contribution >= 0.6 is 0 Å². The van der Waals surface area contributed by atoms with Crippen molar-refractivity contribution < 1.29 is 14.0 Å². The molecular formula is C29H38N4O3Si. The molecule has 0 saturated carbocycles. The van der Waals surface area contributed by atoms with Gasteiger partial charge in [-0.15, -0.1) is 0 Å². The summed E-state index contributed by atoms with van der Waals surface area (Å²) in [4.78, 5) is 15.8. The van der Waals surface area contributed by atoms with Crippen LogP contribution in [0.2, 0.25) is 18.1 Å². The van der Waals surface area contributed by atoms with Crippen LogP contribution in [0.15, 0.2) is 73.3 Å². The molecule has 2 aromatic carbocycles. The summed E-state index contributed by atoms with van der Waals surface area (Å²) in [6.45, 7) is 12.5. The molecule has 0 aliphatic carbocycles. The molecule has 4 rings (SSSR count). The first-order valence-corrected chi connectivity index (χ1v) is 15.7. The van der Waals surface area contributed by atoms with Crippen molar-refractivity contribution in [1.82, 2.24) is 14.1 Å². The van der Waals surface area contributed by atoms with Gasteiger partial charge in [0.1, 0.15) is 24.3 Å². The number of primary amides is 1. The molecule has 2 aromatic heterocycles. The van der Waals surface area contributed by atoms with Crippen LogP contribution in [0.5, 0.6) is 5.75 Å². The van der Waals surface area contributed by atoms with Crippen molar-refractivity contribution in [2.45, 2.75) is 71.1 Å². The van der Waals surface area contributed by atoms with Crippen LogP contribution in [-0.4, -0.2) is 28.3 Å². The second kappa shape index (κ2) is 10.9. The SMILES string of the molecule is CC(C)(C)[Si](C)(C)OC(CCCn1ccc2ccc(OCc3ccccc3)cc21)n1cnc(C(N)=O)c1. The van der Waals surface area contributed by atoms with Gasteiger partial charge in [0.05, 0.1) is 11.8 Å². The maximum absolute atomic E-state index is 11.6. The molecule has 0 aliphatic rings. The number of carbonyl (C=O) groups excluding carboxylic acids is 1. The number of hydrogen-bond donors (Lipinski definition) is 1. The van der Waals surface area contributed by atoms with Gasteiger partial charge in [0.2, 0.25) is 0 Å². The van der Waals surface area contributed by atoms with E-state index in [2.05, 4.69) is 79.9 Å². The summed E-state index contributed by atoms with van der Waals surface area (Å²) in [6, 6.07) is 18.5. The average molecular weight is 519 g/mol. The van der Waals surface area contributed by atoms with E-state index >= 15 is 0 Å². The molecule has 2 N–H and O–H groups in total. The summed E-state index contributed by atoms with van der Waals surface area (Å²) in [6.07, 6.45) is 6.93. The molecule has 1 unspecified atom stereocenters. The molecule has 0 spiro atoms. The number of fused-ring (bicyclic) bond motifs is 1. The van der Waals surface area contributed by atoms with Gasteiger partial charge in [-0.3, -0.25) is 4.79 Å². The van der Waals surface area contributed by atoms with Crippen LogP contribution in [0.3, 0.4) is 0 Å². The Kier molecular flexibility index (Phi) is 7.89. The molecule has 8 heteroatoms. The van der Waals surface area contributed by atoms with Gasteiger partial charge >= 0.3 is 0 Å². The van der Waals surface area contributed by atoms with Gasteiger partial charge in [-0.25, -0.2) is 4.98 Å². The summed E-state index contributed by atoms with van der Waals surface area (Å²) in [5.74, 6) is 0.321. The van der Waals surface area contributed by atoms with Crippen molar-refractivity contribution in [2.75, 3.05) is 0 Å². The maximum atomic E-state index is 11.6. The van der Waals surface area contributed by atoms with E-state index in [1.165, 1.54) is 5.39 Å². The van der Waals surface area contributed by atoms with Gasteiger partial charge in [0, 0.05) is 25.0 Å². The van der Waals surface area contributed by atoms with E-state index in [1.54, 1.807) is 12.5 Å². The average Bonchev–Trinajstić information content (AvgIpc) is 3.50. The Balaban J connectivity index is 1.46. The number of benzene rings is 2. The number of nitrogens with two attached hydrogens (primary N) is 1. The smallest absolute Gasteiger partial charge is 0.268 e. The highest BCUT2D eigenvalue weighted by atomic mass is 28.4. The lowest BCUT2D eigenvalue weighted by Gasteiger charge is -2.39. The van der Waals surface area contributed by atoms with Gasteiger partial charge in [-0.2, -0.15) is 0 Å². The molecule has 4 aromatic rings. The highest BCUT2D eigenvalue weighted by Crippen LogP contribution is 2.39. The fourth-order valence-electron chi connectivity index (χ4n) is 4.03. The minimum absolute atomic E-state index is 0.0606. The Morgan fingerprint density at radius 1 is 1.11 bits per heavy atom. The molecular weight excluding hydrogens is 480 g/mol. The van der Waals surface area contributed by atoms with Crippen LogP contribution in [0.25, 0.3) is 10.9 Å². The molecule has 0 radical (unpaired) electrons. The first kappa shape index (κ1) is 26.7. The van der Waals surface area contributed by atoms with Gasteiger partial charge in [-0.05, 0) is 60.1 Å². The standard InChI is InChI=1S/C29H38N4O3Si/c1-29(2,3)37(4,5)36-27(33-19-25(28(30)34)31-21-33)12-9-16-32-17-15-23-13-14-24(18-26(23)32)35-20-22-10-7-6-8-11-22/h6-8,10-11,13-15,17-19,21,27H,9,12,16,20H2,1-5H3,(H2,30,34). The second-order valence-electron chi connectivity index (χ2n) is 11.0. The minimum atomic E-state index is -2.06. The Hall–Kier alpha value is -3.36. The zero-order valence-corrected chi connectivity index (χ0v) is 23.5. The molecule has 196 valence electrons. The number of ether oxygens (including phenoxy) is 1. The Morgan fingerprint density at radius 2 is 1.86 bits per heavy atom. The zero-order valence-electron chi connectivity index (χ0n) is 22.5. The highest BCUT2D eigenvalue weighted by Gasteiger charge is 2.39. The number of imidazole rings is 1. The first-order valence-electron chi connectivity index (χ1n) is 12.8. The van der Waals surface area contributed by atoms with Gasteiger partial charge in [0.25, 0.3) is 5.91 Å². The van der Waals surface area contributed by atoms with E-state index in [-0.39, 0.29) is 17.0 Å². The Bertz CT molecular complexity index is 1340. The van der Waals surface area contributed by atoms with Crippen molar-refractivity contribution >= 4 is 25.1 Å². The van der Waals surface area contributed by atoms with Gasteiger partial charge < -0.3 is 24.0 Å². The minimum Gasteiger partial charge on any atom is -0.489 e. The molecule has 0 fully saturated rings. The third-order valence-electron chi connectivity index (χ3n) is 7.27. The Morgan fingerprint density at radius 3 is 2.54 bits per heavy atom. The van der Waals surface area contributed by atoms with Crippen molar-refractivity contribution in [3.05, 3.63) is 84.6 Å². The molecule has 0 saturated heterocycles. The Labute approximate surface area is 220 Å². The van der Waals surface area contributed by atoms with Crippen molar-refractivity contribution in [3.63, 3.8) is 0 Å². The number of rotatable bonds is 11. The lowest BCUT2D eigenvalue weighted by molar-refractivity contribution is 0.0984. The fraction of sp³-hybridized carbons (Fsp3) is 0.379. The van der Waals surface area contributed by atoms with Crippen LogP contribution in [0.1, 0.15) is 55.9 Å². The van der Waals surface area contributed by atoms with E-state index in [4.69, 9.17) is 14.9 Å². The van der Waals surface area contributed by atoms with Crippen molar-refractivity contribution in [1.29, 1.82) is 0 Å². The van der Waals surface area contributed by atoms with Gasteiger partial charge in [-0.1, -0.05) is 51.1 Å². The van der Waals surface area contributed by atoms with E-state index in [0.29, 0.717) is 6.61 Å². The quantitative estimate of drug-likeness (QED) is 0.229. The normalized spacial score (nSPS) is 13.1. The molecule has 0 aliphatic heterocycles. The predicted molar refractivity (Wildman–Crippen MR) is 150 cm³/mol. The summed E-state index contributed by atoms with van der Waals surface area (Å²) in [5.41, 5.74) is 7.99. The number of amides is 1. The zero-order chi connectivity index (χ0) is 26.6. The lowest BCUT2D eigenvalue weighted by atomic mass is 10.2. The summed E-state index contributed by atoms with van der Waals surface area (Å²) in [5, 5.41) is 1.24. The molecule has 1 amide bonds. The highest BCUT2D eigenvalue weighted by molar-refractivity contribution is 6.74. The van der Waals surface area contributed by atoms with Crippen molar-refractivity contribution in [3.8, 4) is 5.75 Å². The number of aromatic nitrogens is 3. The number of aryl methyl sites for hydroxylation is 1. The molecule has 37 heavy (non-hydrogen) atoms. The van der Waals surface area contributed by atoms with E-state index < -0.39 is 14.2 Å². The molecule has 7 nitrogen and oxygen atoms in total. The largest absolute Gasteiger partial charge is 0.489 e. The fourth-order valence-corrected chi connectivity index (χ4v) is 5.31. The van der Waals surface area contributed by atoms with E-state index in [9.17, 15) is 4.79 Å². The lowest BCUT2D eigenvalue weighted by Crippen LogP contribution is -2.42. The molecule has 0 bridgehead atoms. The third-order valence-corrected chi connectivity index (χ3v) is 11.7. The predicted octanol–water partition coefficient (Wildman–Crippen LogP) is 6.52. The van der Waals surface area contributed by atoms with Crippen LogP contribution in [-0.2, 0) is 17.6 Å². The van der Waals surface area contributed by atoms with Crippen LogP contribution < -0.4 is 10.5 Å². The maximum Gasteiger partial charge on any atom is 0.268 e. The van der Waals surface area contributed by atoms with E-state index in [0.717, 1.165) is 36.2 Å². The van der Waals surface area contributed by atoms with E-state index in [1.807, 2.05) is 28.8 Å². The number of nitrogens with zero attached hydrogens (tertiary/aromatic N) is 3. The molecule has 2 heterocycles. The first-order chi connectivity index (χ1) is 17.5.